The van der Waals surface area contributed by atoms with E-state index < -0.39 is 17.5 Å². The number of halogens is 2. The topological polar surface area (TPSA) is 55.1 Å². The molecular weight excluding hydrogens is 254 g/mol. The zero-order chi connectivity index (χ0) is 13.8. The minimum Gasteiger partial charge on any atom is -0.444 e. The first-order valence-electron chi connectivity index (χ1n) is 5.77. The Morgan fingerprint density at radius 2 is 2.21 bits per heavy atom. The fourth-order valence-corrected chi connectivity index (χ4v) is 1.52. The van der Waals surface area contributed by atoms with Crippen molar-refractivity contribution in [3.05, 3.63) is 53.2 Å². The minimum atomic E-state index is -1.17. The summed E-state index contributed by atoms with van der Waals surface area (Å²) in [5, 5.41) is 2.42. The molecule has 0 unspecified atom stereocenters. The van der Waals surface area contributed by atoms with Gasteiger partial charge in [0.15, 0.2) is 11.6 Å². The summed E-state index contributed by atoms with van der Waals surface area (Å²) in [4.78, 5) is 15.6. The van der Waals surface area contributed by atoms with E-state index in [1.807, 2.05) is 6.92 Å². The Labute approximate surface area is 108 Å². The van der Waals surface area contributed by atoms with Crippen LogP contribution in [0.2, 0.25) is 0 Å². The lowest BCUT2D eigenvalue weighted by Crippen LogP contribution is -2.24. The molecule has 0 aliphatic rings. The molecule has 100 valence electrons. The van der Waals surface area contributed by atoms with E-state index in [1.54, 1.807) is 6.20 Å². The van der Waals surface area contributed by atoms with E-state index in [0.717, 1.165) is 6.07 Å². The SMILES string of the molecule is CCc1cnc(CNC(=O)c2cccc(F)c2F)o1. The molecule has 1 aromatic carbocycles. The van der Waals surface area contributed by atoms with Crippen molar-refractivity contribution in [2.75, 3.05) is 0 Å². The smallest absolute Gasteiger partial charge is 0.254 e. The quantitative estimate of drug-likeness (QED) is 0.924. The number of nitrogens with one attached hydrogen (secondary N) is 1. The molecule has 1 N–H and O–H groups in total. The third-order valence-corrected chi connectivity index (χ3v) is 2.55. The molecule has 0 bridgehead atoms. The van der Waals surface area contributed by atoms with Crippen LogP contribution in [0.4, 0.5) is 8.78 Å². The van der Waals surface area contributed by atoms with Gasteiger partial charge in [-0.3, -0.25) is 4.79 Å². The number of oxazole rings is 1. The molecule has 0 aliphatic carbocycles. The Hall–Kier alpha value is -2.24. The van der Waals surface area contributed by atoms with Crippen molar-refractivity contribution in [1.29, 1.82) is 0 Å². The summed E-state index contributed by atoms with van der Waals surface area (Å²) in [5.74, 6) is -1.92. The highest BCUT2D eigenvalue weighted by Gasteiger charge is 2.15. The molecule has 4 nitrogen and oxygen atoms in total. The lowest BCUT2D eigenvalue weighted by molar-refractivity contribution is 0.0942. The van der Waals surface area contributed by atoms with Gasteiger partial charge in [0.1, 0.15) is 5.76 Å². The van der Waals surface area contributed by atoms with Crippen molar-refractivity contribution in [2.45, 2.75) is 19.9 Å². The molecular formula is C13H12F2N2O2. The lowest BCUT2D eigenvalue weighted by Gasteiger charge is -2.04. The van der Waals surface area contributed by atoms with Gasteiger partial charge in [0.25, 0.3) is 5.91 Å². The summed E-state index contributed by atoms with van der Waals surface area (Å²) in [7, 11) is 0. The number of benzene rings is 1. The molecule has 2 rings (SSSR count). The number of carbonyl (C=O) groups is 1. The van der Waals surface area contributed by atoms with Gasteiger partial charge in [-0.15, -0.1) is 0 Å². The van der Waals surface area contributed by atoms with Crippen LogP contribution in [-0.4, -0.2) is 10.9 Å². The van der Waals surface area contributed by atoms with Crippen LogP contribution in [0.5, 0.6) is 0 Å². The molecule has 0 fully saturated rings. The Kier molecular flexibility index (Phi) is 3.89. The van der Waals surface area contributed by atoms with Gasteiger partial charge in [0.05, 0.1) is 18.3 Å². The van der Waals surface area contributed by atoms with Crippen LogP contribution >= 0.6 is 0 Å². The maximum atomic E-state index is 13.4. The average molecular weight is 266 g/mol. The van der Waals surface area contributed by atoms with Gasteiger partial charge in [-0.25, -0.2) is 13.8 Å². The van der Waals surface area contributed by atoms with E-state index >= 15 is 0 Å². The maximum Gasteiger partial charge on any atom is 0.254 e. The average Bonchev–Trinajstić information content (AvgIpc) is 2.87. The number of carbonyl (C=O) groups excluding carboxylic acids is 1. The molecule has 0 atom stereocenters. The van der Waals surface area contributed by atoms with Crippen molar-refractivity contribution in [2.24, 2.45) is 0 Å². The number of hydrogen-bond acceptors (Lipinski definition) is 3. The Morgan fingerprint density at radius 1 is 1.42 bits per heavy atom. The monoisotopic (exact) mass is 266 g/mol. The predicted molar refractivity (Wildman–Crippen MR) is 63.4 cm³/mol. The standard InChI is InChI=1S/C13H12F2N2O2/c1-2-8-6-16-11(19-8)7-17-13(18)9-4-3-5-10(14)12(9)15/h3-6H,2,7H2,1H3,(H,17,18). The summed E-state index contributed by atoms with van der Waals surface area (Å²) < 4.78 is 31.6. The molecule has 0 spiro atoms. The van der Waals surface area contributed by atoms with Crippen LogP contribution in [0.1, 0.15) is 28.9 Å². The first-order chi connectivity index (χ1) is 9.11. The molecule has 19 heavy (non-hydrogen) atoms. The first-order valence-corrected chi connectivity index (χ1v) is 5.77. The molecule has 0 radical (unpaired) electrons. The fourth-order valence-electron chi connectivity index (χ4n) is 1.52. The van der Waals surface area contributed by atoms with E-state index in [9.17, 15) is 13.6 Å². The van der Waals surface area contributed by atoms with Gasteiger partial charge in [-0.1, -0.05) is 13.0 Å². The van der Waals surface area contributed by atoms with Gasteiger partial charge in [0.2, 0.25) is 5.89 Å². The molecule has 0 saturated carbocycles. The highest BCUT2D eigenvalue weighted by Crippen LogP contribution is 2.11. The molecule has 1 amide bonds. The van der Waals surface area contributed by atoms with Gasteiger partial charge in [0, 0.05) is 6.42 Å². The fraction of sp³-hybridized carbons (Fsp3) is 0.231. The molecule has 0 saturated heterocycles. The summed E-state index contributed by atoms with van der Waals surface area (Å²) in [6.07, 6.45) is 2.25. The van der Waals surface area contributed by atoms with Crippen molar-refractivity contribution >= 4 is 5.91 Å². The van der Waals surface area contributed by atoms with Crippen molar-refractivity contribution in [3.63, 3.8) is 0 Å². The number of amides is 1. The molecule has 1 aromatic heterocycles. The van der Waals surface area contributed by atoms with E-state index in [2.05, 4.69) is 10.3 Å². The van der Waals surface area contributed by atoms with Crippen LogP contribution < -0.4 is 5.32 Å². The summed E-state index contributed by atoms with van der Waals surface area (Å²) >= 11 is 0. The van der Waals surface area contributed by atoms with Gasteiger partial charge in [-0.2, -0.15) is 0 Å². The van der Waals surface area contributed by atoms with Crippen LogP contribution in [0.15, 0.2) is 28.8 Å². The third-order valence-electron chi connectivity index (χ3n) is 2.55. The third kappa shape index (κ3) is 2.96. The molecule has 2 aromatic rings. The zero-order valence-electron chi connectivity index (χ0n) is 10.2. The lowest BCUT2D eigenvalue weighted by atomic mass is 10.2. The Morgan fingerprint density at radius 3 is 2.89 bits per heavy atom. The van der Waals surface area contributed by atoms with Crippen LogP contribution in [0.3, 0.4) is 0 Å². The van der Waals surface area contributed by atoms with E-state index in [0.29, 0.717) is 18.1 Å². The second-order valence-electron chi connectivity index (χ2n) is 3.86. The summed E-state index contributed by atoms with van der Waals surface area (Å²) in [6, 6.07) is 3.43. The van der Waals surface area contributed by atoms with Crippen molar-refractivity contribution < 1.29 is 18.0 Å². The Bertz CT molecular complexity index is 596. The second kappa shape index (κ2) is 5.60. The number of aryl methyl sites for hydroxylation is 1. The predicted octanol–water partition coefficient (Wildman–Crippen LogP) is 2.45. The van der Waals surface area contributed by atoms with Gasteiger partial charge >= 0.3 is 0 Å². The van der Waals surface area contributed by atoms with Gasteiger partial charge in [-0.05, 0) is 12.1 Å². The highest BCUT2D eigenvalue weighted by molar-refractivity contribution is 5.94. The van der Waals surface area contributed by atoms with Crippen LogP contribution in [-0.2, 0) is 13.0 Å². The van der Waals surface area contributed by atoms with Crippen molar-refractivity contribution in [3.8, 4) is 0 Å². The normalized spacial score (nSPS) is 10.5. The maximum absolute atomic E-state index is 13.4. The first kappa shape index (κ1) is 13.2. The number of rotatable bonds is 4. The number of aromatic nitrogens is 1. The van der Waals surface area contributed by atoms with Crippen LogP contribution in [0.25, 0.3) is 0 Å². The van der Waals surface area contributed by atoms with E-state index in [-0.39, 0.29) is 12.1 Å². The number of nitrogens with zero attached hydrogens (tertiary/aromatic N) is 1. The molecule has 6 heteroatoms. The molecule has 0 aliphatic heterocycles. The van der Waals surface area contributed by atoms with Crippen LogP contribution in [0, 0.1) is 11.6 Å². The Balaban J connectivity index is 2.03. The zero-order valence-corrected chi connectivity index (χ0v) is 10.2. The highest BCUT2D eigenvalue weighted by atomic mass is 19.2. The summed E-state index contributed by atoms with van der Waals surface area (Å²) in [5.41, 5.74) is -0.345. The van der Waals surface area contributed by atoms with E-state index in [4.69, 9.17) is 4.42 Å². The van der Waals surface area contributed by atoms with E-state index in [1.165, 1.54) is 12.1 Å². The largest absolute Gasteiger partial charge is 0.444 e. The summed E-state index contributed by atoms with van der Waals surface area (Å²) in [6.45, 7) is 1.93. The van der Waals surface area contributed by atoms with Gasteiger partial charge < -0.3 is 9.73 Å². The number of hydrogen-bond donors (Lipinski definition) is 1. The van der Waals surface area contributed by atoms with Crippen molar-refractivity contribution in [1.82, 2.24) is 10.3 Å². The minimum absolute atomic E-state index is 0.0226. The second-order valence-corrected chi connectivity index (χ2v) is 3.86. The molecule has 1 heterocycles.